The molecule has 0 aliphatic carbocycles. The Bertz CT molecular complexity index is 84.2. The number of hydrogen-bond donors (Lipinski definition) is 1. The Morgan fingerprint density at radius 2 is 1.57 bits per heavy atom. The zero-order valence-corrected chi connectivity index (χ0v) is 5.99. The first-order valence-electron chi connectivity index (χ1n) is 2.24. The van der Waals surface area contributed by atoms with Crippen molar-refractivity contribution < 1.29 is 4.79 Å². The minimum absolute atomic E-state index is 0.118. The summed E-state index contributed by atoms with van der Waals surface area (Å²) in [6.45, 7) is 5.78. The van der Waals surface area contributed by atoms with Crippen molar-refractivity contribution >= 4 is 12.9 Å². The van der Waals surface area contributed by atoms with Crippen LogP contribution in [0.5, 0.6) is 0 Å². The molecule has 0 heterocycles. The third-order valence-corrected chi connectivity index (χ3v) is 2.22. The molecule has 1 amide bonds. The summed E-state index contributed by atoms with van der Waals surface area (Å²) < 4.78 is 0. The van der Waals surface area contributed by atoms with Gasteiger partial charge in [0.2, 0.25) is 0 Å². The van der Waals surface area contributed by atoms with E-state index >= 15 is 0 Å². The summed E-state index contributed by atoms with van der Waals surface area (Å²) in [6, 6.07) is 0. The maximum absolute atomic E-state index is 10.3. The van der Waals surface area contributed by atoms with Gasteiger partial charge in [0.15, 0.2) is 0 Å². The van der Waals surface area contributed by atoms with Gasteiger partial charge in [0, 0.05) is 0 Å². The van der Waals surface area contributed by atoms with E-state index < -0.39 is 7.26 Å². The molecule has 0 atom stereocenters. The topological polar surface area (TPSA) is 43.1 Å². The van der Waals surface area contributed by atoms with Gasteiger partial charge in [-0.25, -0.2) is 0 Å². The molecule has 0 aliphatic heterocycles. The van der Waals surface area contributed by atoms with Crippen molar-refractivity contribution in [2.75, 3.05) is 20.0 Å². The Morgan fingerprint density at radius 1 is 1.43 bits per heavy atom. The summed E-state index contributed by atoms with van der Waals surface area (Å²) in [5.41, 5.74) is 4.87. The third-order valence-electron chi connectivity index (χ3n) is 0.739. The Kier molecular flexibility index (Phi) is 1.76. The fourth-order valence-electron chi connectivity index (χ4n) is 0. The Hall–Kier alpha value is -0.100. The van der Waals surface area contributed by atoms with Crippen LogP contribution in [0.2, 0.25) is 0 Å². The molecular formula is C4H12NOP. The zero-order valence-electron chi connectivity index (χ0n) is 4.99. The van der Waals surface area contributed by atoms with Gasteiger partial charge < -0.3 is 0 Å². The molecule has 7 heavy (non-hydrogen) atoms. The second-order valence-electron chi connectivity index (χ2n) is 2.61. The van der Waals surface area contributed by atoms with E-state index in [1.54, 1.807) is 0 Å². The SMILES string of the molecule is C[PH](C)(C)C(N)=O. The van der Waals surface area contributed by atoms with E-state index in [0.29, 0.717) is 0 Å². The molecule has 0 rings (SSSR count). The van der Waals surface area contributed by atoms with Gasteiger partial charge in [-0.2, -0.15) is 0 Å². The predicted molar refractivity (Wildman–Crippen MR) is 35.7 cm³/mol. The molecule has 0 spiro atoms. The van der Waals surface area contributed by atoms with E-state index in [2.05, 4.69) is 0 Å². The van der Waals surface area contributed by atoms with E-state index in [4.69, 9.17) is 5.73 Å². The quantitative estimate of drug-likeness (QED) is 0.510. The molecule has 0 bridgehead atoms. The fourth-order valence-corrected chi connectivity index (χ4v) is 0. The standard InChI is InChI=1S/C4H12NOP/c1-7(2,3)4(5)6/h7H,1-3H3,(H2,5,6). The minimum atomic E-state index is -1.60. The van der Waals surface area contributed by atoms with Crippen LogP contribution in [0.25, 0.3) is 0 Å². The molecule has 0 unspecified atom stereocenters. The summed E-state index contributed by atoms with van der Waals surface area (Å²) >= 11 is 0. The van der Waals surface area contributed by atoms with Crippen LogP contribution in [0.3, 0.4) is 0 Å². The van der Waals surface area contributed by atoms with Gasteiger partial charge in [0.25, 0.3) is 0 Å². The second kappa shape index (κ2) is 1.79. The van der Waals surface area contributed by atoms with Crippen molar-refractivity contribution in [3.63, 3.8) is 0 Å². The fraction of sp³-hybridized carbons (Fsp3) is 0.750. The summed E-state index contributed by atoms with van der Waals surface area (Å²) in [5.74, 6) is 0. The van der Waals surface area contributed by atoms with Gasteiger partial charge in [-0.15, -0.1) is 0 Å². The van der Waals surface area contributed by atoms with Crippen molar-refractivity contribution in [1.29, 1.82) is 0 Å². The normalized spacial score (nSPS) is 13.6. The number of nitrogens with two attached hydrogens (primary N) is 1. The molecule has 0 aromatic rings. The molecule has 44 valence electrons. The molecule has 0 aromatic heterocycles. The molecule has 0 aliphatic rings. The first kappa shape index (κ1) is 6.90. The number of carbonyl (C=O) groups excluding carboxylic acids is 1. The molecule has 0 aromatic carbocycles. The summed E-state index contributed by atoms with van der Waals surface area (Å²) in [7, 11) is -1.60. The molecule has 0 saturated carbocycles. The Balaban J connectivity index is 3.79. The number of hydrogen-bond acceptors (Lipinski definition) is 1. The number of carbonyl (C=O) groups is 1. The van der Waals surface area contributed by atoms with Crippen LogP contribution in [0.15, 0.2) is 0 Å². The molecule has 3 heteroatoms. The average molecular weight is 121 g/mol. The summed E-state index contributed by atoms with van der Waals surface area (Å²) in [5, 5.41) is 0. The zero-order chi connectivity index (χ0) is 6.08. The van der Waals surface area contributed by atoms with Crippen LogP contribution in [0.1, 0.15) is 0 Å². The van der Waals surface area contributed by atoms with Gasteiger partial charge in [0.1, 0.15) is 0 Å². The van der Waals surface area contributed by atoms with Crippen LogP contribution >= 0.6 is 7.26 Å². The van der Waals surface area contributed by atoms with Gasteiger partial charge in [-0.05, 0) is 0 Å². The van der Waals surface area contributed by atoms with Gasteiger partial charge >= 0.3 is 43.4 Å². The number of primary amides is 1. The molecule has 0 radical (unpaired) electrons. The molecule has 2 N–H and O–H groups in total. The second-order valence-corrected chi connectivity index (χ2v) is 7.61. The van der Waals surface area contributed by atoms with Crippen molar-refractivity contribution in [1.82, 2.24) is 0 Å². The van der Waals surface area contributed by atoms with E-state index in [0.717, 1.165) is 0 Å². The van der Waals surface area contributed by atoms with Gasteiger partial charge in [0.05, 0.1) is 0 Å². The van der Waals surface area contributed by atoms with Crippen molar-refractivity contribution in [3.8, 4) is 0 Å². The van der Waals surface area contributed by atoms with Crippen LogP contribution in [-0.4, -0.2) is 25.6 Å². The van der Waals surface area contributed by atoms with Crippen molar-refractivity contribution in [2.24, 2.45) is 5.73 Å². The molecular weight excluding hydrogens is 109 g/mol. The van der Waals surface area contributed by atoms with E-state index in [-0.39, 0.29) is 5.65 Å². The molecule has 2 nitrogen and oxygen atoms in total. The van der Waals surface area contributed by atoms with Crippen molar-refractivity contribution in [3.05, 3.63) is 0 Å². The molecule has 0 saturated heterocycles. The van der Waals surface area contributed by atoms with Crippen LogP contribution in [0, 0.1) is 0 Å². The third kappa shape index (κ3) is 2.58. The van der Waals surface area contributed by atoms with Crippen molar-refractivity contribution in [2.45, 2.75) is 0 Å². The van der Waals surface area contributed by atoms with Gasteiger partial charge in [-0.1, -0.05) is 0 Å². The predicted octanol–water partition coefficient (Wildman–Crippen LogP) is 0.704. The van der Waals surface area contributed by atoms with Crippen LogP contribution in [-0.2, 0) is 0 Å². The number of rotatable bonds is 1. The molecule has 0 fully saturated rings. The van der Waals surface area contributed by atoms with Gasteiger partial charge in [-0.3, -0.25) is 0 Å². The van der Waals surface area contributed by atoms with E-state index in [1.165, 1.54) is 0 Å². The van der Waals surface area contributed by atoms with E-state index in [1.807, 2.05) is 20.0 Å². The first-order chi connectivity index (χ1) is 2.94. The summed E-state index contributed by atoms with van der Waals surface area (Å²) in [4.78, 5) is 10.3. The Labute approximate surface area is 44.4 Å². The maximum atomic E-state index is 10.3. The Morgan fingerprint density at radius 3 is 1.57 bits per heavy atom. The van der Waals surface area contributed by atoms with Crippen LogP contribution < -0.4 is 5.73 Å². The first-order valence-corrected chi connectivity index (χ1v) is 5.74. The van der Waals surface area contributed by atoms with Crippen LogP contribution in [0.4, 0.5) is 4.79 Å². The summed E-state index contributed by atoms with van der Waals surface area (Å²) in [6.07, 6.45) is 0. The monoisotopic (exact) mass is 121 g/mol. The van der Waals surface area contributed by atoms with E-state index in [9.17, 15) is 4.79 Å². The average Bonchev–Trinajstić information content (AvgIpc) is 1.31. The number of amides is 1.